The molecule has 7 heteroatoms. The molecule has 0 bridgehead atoms. The molecule has 0 aromatic heterocycles. The first-order chi connectivity index (χ1) is 7.16. The van der Waals surface area contributed by atoms with Gasteiger partial charge in [-0.3, -0.25) is 4.21 Å². The van der Waals surface area contributed by atoms with Gasteiger partial charge in [-0.2, -0.15) is 13.2 Å². The molecule has 0 heterocycles. The van der Waals surface area contributed by atoms with Crippen LogP contribution in [0.15, 0.2) is 29.2 Å². The Morgan fingerprint density at radius 1 is 1.25 bits per heavy atom. The van der Waals surface area contributed by atoms with E-state index < -0.39 is 28.4 Å². The van der Waals surface area contributed by atoms with E-state index in [4.69, 9.17) is 0 Å². The van der Waals surface area contributed by atoms with Crippen molar-refractivity contribution in [2.45, 2.75) is 23.6 Å². The van der Waals surface area contributed by atoms with Crippen LogP contribution in [0.3, 0.4) is 0 Å². The first-order valence-electron chi connectivity index (χ1n) is 4.15. The van der Waals surface area contributed by atoms with Gasteiger partial charge < -0.3 is 9.66 Å². The lowest BCUT2D eigenvalue weighted by atomic mass is 9.96. The topological polar surface area (TPSA) is 60.4 Å². The number of alkyl halides is 3. The largest absolute Gasteiger partial charge is 0.768 e. The first kappa shape index (κ1) is 13.1. The summed E-state index contributed by atoms with van der Waals surface area (Å²) in [4.78, 5) is -0.137. The minimum Gasteiger partial charge on any atom is -0.768 e. The van der Waals surface area contributed by atoms with Crippen LogP contribution in [0.4, 0.5) is 13.2 Å². The van der Waals surface area contributed by atoms with Crippen molar-refractivity contribution in [3.05, 3.63) is 29.8 Å². The quantitative estimate of drug-likeness (QED) is 0.816. The standard InChI is InChI=1S/C9H9F3O3S/c1-8(13,9(10,11)12)6-2-4-7(5-3-6)16(14)15/h2-5,13H,1H3,(H,14,15)/p-1. The molecule has 1 rings (SSSR count). The molecule has 0 aliphatic heterocycles. The van der Waals surface area contributed by atoms with Crippen LogP contribution in [0.2, 0.25) is 0 Å². The fourth-order valence-electron chi connectivity index (χ4n) is 1.05. The number of rotatable bonds is 2. The van der Waals surface area contributed by atoms with E-state index >= 15 is 0 Å². The third-order valence-electron chi connectivity index (χ3n) is 2.16. The highest BCUT2D eigenvalue weighted by atomic mass is 32.2. The zero-order chi connectivity index (χ0) is 12.6. The molecular weight excluding hydrogens is 245 g/mol. The zero-order valence-corrected chi connectivity index (χ0v) is 8.93. The molecule has 1 aromatic rings. The van der Waals surface area contributed by atoms with Crippen LogP contribution in [0, 0.1) is 0 Å². The van der Waals surface area contributed by atoms with E-state index in [0.29, 0.717) is 6.92 Å². The molecule has 0 aliphatic rings. The third kappa shape index (κ3) is 2.42. The van der Waals surface area contributed by atoms with Crippen LogP contribution in [0.5, 0.6) is 0 Å². The van der Waals surface area contributed by atoms with Crippen LogP contribution < -0.4 is 0 Å². The van der Waals surface area contributed by atoms with Gasteiger partial charge in [-0.15, -0.1) is 0 Å². The lowest BCUT2D eigenvalue weighted by Gasteiger charge is -2.26. The molecule has 1 aromatic carbocycles. The predicted octanol–water partition coefficient (Wildman–Crippen LogP) is 1.69. The van der Waals surface area contributed by atoms with Crippen LogP contribution >= 0.6 is 0 Å². The van der Waals surface area contributed by atoms with Gasteiger partial charge in [-0.25, -0.2) is 0 Å². The Labute approximate surface area is 92.2 Å². The molecule has 90 valence electrons. The SMILES string of the molecule is CC(O)(c1ccc(S(=O)[O-])cc1)C(F)(F)F. The highest BCUT2D eigenvalue weighted by Crippen LogP contribution is 2.38. The van der Waals surface area contributed by atoms with Crippen molar-refractivity contribution in [3.8, 4) is 0 Å². The molecule has 16 heavy (non-hydrogen) atoms. The van der Waals surface area contributed by atoms with E-state index in [1.807, 2.05) is 0 Å². The maximum atomic E-state index is 12.4. The number of hydrogen-bond acceptors (Lipinski definition) is 3. The van der Waals surface area contributed by atoms with Gasteiger partial charge in [0.05, 0.1) is 0 Å². The minimum absolute atomic E-state index is 0.137. The second kappa shape index (κ2) is 4.15. The van der Waals surface area contributed by atoms with Gasteiger partial charge in [0.1, 0.15) is 0 Å². The normalized spacial score (nSPS) is 17.9. The molecule has 0 amide bonds. The average molecular weight is 253 g/mol. The Kier molecular flexibility index (Phi) is 3.41. The summed E-state index contributed by atoms with van der Waals surface area (Å²) in [6.07, 6.45) is -4.81. The van der Waals surface area contributed by atoms with E-state index in [0.717, 1.165) is 24.3 Å². The van der Waals surface area contributed by atoms with Gasteiger partial charge in [-0.1, -0.05) is 12.1 Å². The second-order valence-electron chi connectivity index (χ2n) is 3.33. The van der Waals surface area contributed by atoms with Crippen molar-refractivity contribution in [1.29, 1.82) is 0 Å². The fourth-order valence-corrected chi connectivity index (χ4v) is 1.41. The Morgan fingerprint density at radius 2 is 1.69 bits per heavy atom. The number of hydrogen-bond donors (Lipinski definition) is 1. The van der Waals surface area contributed by atoms with Crippen molar-refractivity contribution in [1.82, 2.24) is 0 Å². The Morgan fingerprint density at radius 3 is 2.00 bits per heavy atom. The molecule has 0 saturated carbocycles. The summed E-state index contributed by atoms with van der Waals surface area (Å²) in [6, 6.07) is 3.86. The van der Waals surface area contributed by atoms with Gasteiger partial charge in [0, 0.05) is 4.90 Å². The Bertz CT molecular complexity index is 397. The van der Waals surface area contributed by atoms with Crippen molar-refractivity contribution >= 4 is 11.1 Å². The van der Waals surface area contributed by atoms with E-state index in [1.54, 1.807) is 0 Å². The lowest BCUT2D eigenvalue weighted by molar-refractivity contribution is -0.258. The van der Waals surface area contributed by atoms with Gasteiger partial charge in [0.15, 0.2) is 5.60 Å². The molecule has 3 nitrogen and oxygen atoms in total. The summed E-state index contributed by atoms with van der Waals surface area (Å²) in [5.74, 6) is 0. The van der Waals surface area contributed by atoms with Crippen molar-refractivity contribution in [3.63, 3.8) is 0 Å². The molecule has 0 spiro atoms. The number of aliphatic hydroxyl groups is 1. The monoisotopic (exact) mass is 253 g/mol. The Hall–Kier alpha value is -0.920. The summed E-state index contributed by atoms with van der Waals surface area (Å²) in [5, 5.41) is 9.27. The summed E-state index contributed by atoms with van der Waals surface area (Å²) in [7, 11) is 0. The van der Waals surface area contributed by atoms with Crippen LogP contribution in [-0.4, -0.2) is 20.0 Å². The summed E-state index contributed by atoms with van der Waals surface area (Å²) in [6.45, 7) is 0.607. The second-order valence-corrected chi connectivity index (χ2v) is 4.27. The van der Waals surface area contributed by atoms with Gasteiger partial charge in [0.2, 0.25) is 0 Å². The maximum Gasteiger partial charge on any atom is 0.421 e. The summed E-state index contributed by atoms with van der Waals surface area (Å²) >= 11 is -2.50. The molecule has 0 aliphatic carbocycles. The predicted molar refractivity (Wildman–Crippen MR) is 49.3 cm³/mol. The Balaban J connectivity index is 3.11. The molecule has 2 unspecified atom stereocenters. The highest BCUT2D eigenvalue weighted by Gasteiger charge is 2.50. The molecule has 1 N–H and O–H groups in total. The van der Waals surface area contributed by atoms with Crippen molar-refractivity contribution < 1.29 is 27.0 Å². The van der Waals surface area contributed by atoms with Crippen LogP contribution in [-0.2, 0) is 16.7 Å². The first-order valence-corrected chi connectivity index (χ1v) is 5.22. The molecular formula is C9H8F3O3S-. The van der Waals surface area contributed by atoms with E-state index in [9.17, 15) is 27.0 Å². The smallest absolute Gasteiger partial charge is 0.421 e. The third-order valence-corrected chi connectivity index (χ3v) is 2.82. The van der Waals surface area contributed by atoms with Crippen molar-refractivity contribution in [2.24, 2.45) is 0 Å². The zero-order valence-electron chi connectivity index (χ0n) is 8.12. The van der Waals surface area contributed by atoms with Crippen LogP contribution in [0.1, 0.15) is 12.5 Å². The van der Waals surface area contributed by atoms with Crippen molar-refractivity contribution in [2.75, 3.05) is 0 Å². The maximum absolute atomic E-state index is 12.4. The fraction of sp³-hybridized carbons (Fsp3) is 0.333. The van der Waals surface area contributed by atoms with Gasteiger partial charge >= 0.3 is 6.18 Å². The lowest BCUT2D eigenvalue weighted by Crippen LogP contribution is -2.39. The highest BCUT2D eigenvalue weighted by molar-refractivity contribution is 7.79. The summed E-state index contributed by atoms with van der Waals surface area (Å²) in [5.41, 5.74) is -3.40. The molecule has 0 fully saturated rings. The molecule has 0 radical (unpaired) electrons. The summed E-state index contributed by atoms with van der Waals surface area (Å²) < 4.78 is 58.2. The molecule has 2 atom stereocenters. The number of halogens is 3. The minimum atomic E-state index is -4.81. The van der Waals surface area contributed by atoms with Gasteiger partial charge in [0.25, 0.3) is 0 Å². The molecule has 0 saturated heterocycles. The number of benzene rings is 1. The average Bonchev–Trinajstić information content (AvgIpc) is 2.16. The van der Waals surface area contributed by atoms with E-state index in [1.165, 1.54) is 0 Å². The van der Waals surface area contributed by atoms with Gasteiger partial charge in [-0.05, 0) is 35.7 Å². The van der Waals surface area contributed by atoms with E-state index in [-0.39, 0.29) is 4.90 Å². The van der Waals surface area contributed by atoms with Crippen LogP contribution in [0.25, 0.3) is 0 Å². The van der Waals surface area contributed by atoms with E-state index in [2.05, 4.69) is 0 Å².